The number of nitrogens with zero attached hydrogens (tertiary/aromatic N) is 1. The third-order valence-electron chi connectivity index (χ3n) is 4.13. The molecular formula is C16H26N2O. The van der Waals surface area contributed by atoms with Gasteiger partial charge in [0.05, 0.1) is 7.11 Å². The van der Waals surface area contributed by atoms with Gasteiger partial charge in [-0.2, -0.15) is 0 Å². The maximum absolute atomic E-state index is 5.21. The maximum Gasteiger partial charge on any atom is 0.118 e. The van der Waals surface area contributed by atoms with Crippen LogP contribution >= 0.6 is 0 Å². The molecule has 0 aromatic heterocycles. The molecule has 0 saturated carbocycles. The molecule has 1 saturated heterocycles. The Morgan fingerprint density at radius 2 is 2.11 bits per heavy atom. The van der Waals surface area contributed by atoms with Gasteiger partial charge in [0.1, 0.15) is 5.75 Å². The van der Waals surface area contributed by atoms with Gasteiger partial charge in [-0.1, -0.05) is 19.1 Å². The van der Waals surface area contributed by atoms with Gasteiger partial charge in [-0.05, 0) is 50.0 Å². The van der Waals surface area contributed by atoms with Gasteiger partial charge < -0.3 is 15.0 Å². The molecule has 19 heavy (non-hydrogen) atoms. The average Bonchev–Trinajstić information content (AvgIpc) is 2.47. The number of piperidine rings is 1. The Hall–Kier alpha value is -1.06. The highest BCUT2D eigenvalue weighted by Gasteiger charge is 2.20. The number of hydrogen-bond acceptors (Lipinski definition) is 3. The standard InChI is InChI=1S/C16H26N2O/c1-13(14-6-8-16(19-3)9-7-14)11-18-10-4-5-15(12-18)17-2/h6-9,13,15,17H,4-5,10-12H2,1-3H3. The molecule has 3 heteroatoms. The van der Waals surface area contributed by atoms with Crippen LogP contribution in [0.2, 0.25) is 0 Å². The van der Waals surface area contributed by atoms with Crippen molar-refractivity contribution in [2.24, 2.45) is 0 Å². The van der Waals surface area contributed by atoms with Crippen LogP contribution in [0.15, 0.2) is 24.3 Å². The number of hydrogen-bond donors (Lipinski definition) is 1. The minimum Gasteiger partial charge on any atom is -0.497 e. The SMILES string of the molecule is CNC1CCCN(CC(C)c2ccc(OC)cc2)C1. The van der Waals surface area contributed by atoms with E-state index in [2.05, 4.69) is 48.5 Å². The van der Waals surface area contributed by atoms with Crippen LogP contribution in [0.25, 0.3) is 0 Å². The van der Waals surface area contributed by atoms with Gasteiger partial charge in [0.15, 0.2) is 0 Å². The summed E-state index contributed by atoms with van der Waals surface area (Å²) in [6.07, 6.45) is 2.62. The quantitative estimate of drug-likeness (QED) is 0.882. The smallest absolute Gasteiger partial charge is 0.118 e. The molecule has 1 aliphatic heterocycles. The van der Waals surface area contributed by atoms with E-state index in [9.17, 15) is 0 Å². The van der Waals surface area contributed by atoms with E-state index in [1.165, 1.54) is 31.5 Å². The summed E-state index contributed by atoms with van der Waals surface area (Å²) in [6.45, 7) is 5.87. The van der Waals surface area contributed by atoms with Crippen molar-refractivity contribution in [3.05, 3.63) is 29.8 Å². The van der Waals surface area contributed by atoms with Gasteiger partial charge in [-0.15, -0.1) is 0 Å². The van der Waals surface area contributed by atoms with Crippen LogP contribution in [0.3, 0.4) is 0 Å². The Kier molecular flexibility index (Phi) is 5.23. The number of likely N-dealkylation sites (N-methyl/N-ethyl adjacent to an activating group) is 1. The largest absolute Gasteiger partial charge is 0.497 e. The van der Waals surface area contributed by atoms with Crippen molar-refractivity contribution in [2.45, 2.75) is 31.7 Å². The lowest BCUT2D eigenvalue weighted by Gasteiger charge is -2.34. The van der Waals surface area contributed by atoms with Crippen LogP contribution < -0.4 is 10.1 Å². The molecule has 2 atom stereocenters. The number of rotatable bonds is 5. The highest BCUT2D eigenvalue weighted by atomic mass is 16.5. The first-order valence-electron chi connectivity index (χ1n) is 7.26. The van der Waals surface area contributed by atoms with Crippen molar-refractivity contribution in [1.29, 1.82) is 0 Å². The summed E-state index contributed by atoms with van der Waals surface area (Å²) in [6, 6.07) is 9.14. The zero-order valence-corrected chi connectivity index (χ0v) is 12.4. The Morgan fingerprint density at radius 1 is 1.37 bits per heavy atom. The topological polar surface area (TPSA) is 24.5 Å². The van der Waals surface area contributed by atoms with E-state index in [4.69, 9.17) is 4.74 Å². The van der Waals surface area contributed by atoms with E-state index in [0.29, 0.717) is 12.0 Å². The second-order valence-corrected chi connectivity index (χ2v) is 5.56. The highest BCUT2D eigenvalue weighted by molar-refractivity contribution is 5.29. The van der Waals surface area contributed by atoms with Crippen molar-refractivity contribution in [3.8, 4) is 5.75 Å². The molecule has 0 amide bonds. The fraction of sp³-hybridized carbons (Fsp3) is 0.625. The number of ether oxygens (including phenoxy) is 1. The molecule has 2 unspecified atom stereocenters. The minimum atomic E-state index is 0.571. The molecule has 1 fully saturated rings. The minimum absolute atomic E-state index is 0.571. The van der Waals surface area contributed by atoms with E-state index in [1.54, 1.807) is 7.11 Å². The summed E-state index contributed by atoms with van der Waals surface area (Å²) in [5.41, 5.74) is 1.40. The highest BCUT2D eigenvalue weighted by Crippen LogP contribution is 2.21. The van der Waals surface area contributed by atoms with Gasteiger partial charge in [0, 0.05) is 19.1 Å². The molecule has 1 N–H and O–H groups in total. The summed E-state index contributed by atoms with van der Waals surface area (Å²) < 4.78 is 5.21. The first-order chi connectivity index (χ1) is 9.22. The molecule has 0 radical (unpaired) electrons. The lowest BCUT2D eigenvalue weighted by Crippen LogP contribution is -2.45. The fourth-order valence-corrected chi connectivity index (χ4v) is 2.88. The van der Waals surface area contributed by atoms with E-state index in [1.807, 2.05) is 0 Å². The molecule has 1 aromatic carbocycles. The van der Waals surface area contributed by atoms with Gasteiger partial charge in [0.2, 0.25) is 0 Å². The maximum atomic E-state index is 5.21. The average molecular weight is 262 g/mol. The molecule has 0 aliphatic carbocycles. The molecule has 1 aromatic rings. The van der Waals surface area contributed by atoms with Gasteiger partial charge >= 0.3 is 0 Å². The van der Waals surface area contributed by atoms with Crippen LogP contribution in [0, 0.1) is 0 Å². The fourth-order valence-electron chi connectivity index (χ4n) is 2.88. The van der Waals surface area contributed by atoms with Crippen molar-refractivity contribution >= 4 is 0 Å². The van der Waals surface area contributed by atoms with E-state index >= 15 is 0 Å². The summed E-state index contributed by atoms with van der Waals surface area (Å²) in [7, 11) is 3.78. The van der Waals surface area contributed by atoms with Gasteiger partial charge in [-0.25, -0.2) is 0 Å². The first-order valence-corrected chi connectivity index (χ1v) is 7.26. The zero-order valence-electron chi connectivity index (χ0n) is 12.4. The number of methoxy groups -OCH3 is 1. The Balaban J connectivity index is 1.90. The molecule has 0 spiro atoms. The molecule has 1 heterocycles. The molecule has 2 rings (SSSR count). The summed E-state index contributed by atoms with van der Waals surface area (Å²) >= 11 is 0. The molecule has 3 nitrogen and oxygen atoms in total. The Labute approximate surface area is 116 Å². The van der Waals surface area contributed by atoms with Crippen LogP contribution in [0.4, 0.5) is 0 Å². The zero-order chi connectivity index (χ0) is 13.7. The van der Waals surface area contributed by atoms with Crippen LogP contribution in [0.5, 0.6) is 5.75 Å². The number of likely N-dealkylation sites (tertiary alicyclic amines) is 1. The van der Waals surface area contributed by atoms with Gasteiger partial charge in [-0.3, -0.25) is 0 Å². The second kappa shape index (κ2) is 6.92. The number of nitrogens with one attached hydrogen (secondary N) is 1. The van der Waals surface area contributed by atoms with Crippen LogP contribution in [-0.4, -0.2) is 44.7 Å². The molecule has 106 valence electrons. The van der Waals surface area contributed by atoms with E-state index in [0.717, 1.165) is 12.3 Å². The molecule has 0 bridgehead atoms. The molecular weight excluding hydrogens is 236 g/mol. The predicted molar refractivity (Wildman–Crippen MR) is 79.9 cm³/mol. The normalized spacial score (nSPS) is 22.2. The van der Waals surface area contributed by atoms with E-state index < -0.39 is 0 Å². The third kappa shape index (κ3) is 3.95. The van der Waals surface area contributed by atoms with Crippen LogP contribution in [0.1, 0.15) is 31.2 Å². The first kappa shape index (κ1) is 14.4. The van der Waals surface area contributed by atoms with Gasteiger partial charge in [0.25, 0.3) is 0 Å². The summed E-state index contributed by atoms with van der Waals surface area (Å²) in [5.74, 6) is 1.51. The number of benzene rings is 1. The third-order valence-corrected chi connectivity index (χ3v) is 4.13. The second-order valence-electron chi connectivity index (χ2n) is 5.56. The molecule has 1 aliphatic rings. The lowest BCUT2D eigenvalue weighted by molar-refractivity contribution is 0.187. The lowest BCUT2D eigenvalue weighted by atomic mass is 9.98. The summed E-state index contributed by atoms with van der Waals surface area (Å²) in [5, 5.41) is 3.40. The van der Waals surface area contributed by atoms with Crippen molar-refractivity contribution in [2.75, 3.05) is 33.8 Å². The summed E-state index contributed by atoms with van der Waals surface area (Å²) in [4.78, 5) is 2.58. The van der Waals surface area contributed by atoms with Crippen molar-refractivity contribution in [1.82, 2.24) is 10.2 Å². The van der Waals surface area contributed by atoms with Crippen molar-refractivity contribution < 1.29 is 4.74 Å². The van der Waals surface area contributed by atoms with Crippen LogP contribution in [-0.2, 0) is 0 Å². The van der Waals surface area contributed by atoms with Crippen molar-refractivity contribution in [3.63, 3.8) is 0 Å². The predicted octanol–water partition coefficient (Wildman–Crippen LogP) is 2.48. The monoisotopic (exact) mass is 262 g/mol. The van der Waals surface area contributed by atoms with E-state index in [-0.39, 0.29) is 0 Å². The Bertz CT molecular complexity index is 377. The Morgan fingerprint density at radius 3 is 2.74 bits per heavy atom.